The monoisotopic (exact) mass is 523 g/mol. The first-order valence-corrected chi connectivity index (χ1v) is 12.6. The Labute approximate surface area is 219 Å². The summed E-state index contributed by atoms with van der Waals surface area (Å²) in [4.78, 5) is 21.8. The van der Waals surface area contributed by atoms with E-state index in [0.717, 1.165) is 57.8 Å². The number of amides is 1. The lowest BCUT2D eigenvalue weighted by Crippen LogP contribution is -2.36. The minimum Gasteiger partial charge on any atom is -0.494 e. The van der Waals surface area contributed by atoms with Gasteiger partial charge in [-0.25, -0.2) is 4.99 Å². The molecule has 1 saturated heterocycles. The van der Waals surface area contributed by atoms with Gasteiger partial charge in [0, 0.05) is 24.7 Å². The largest absolute Gasteiger partial charge is 0.494 e. The van der Waals surface area contributed by atoms with E-state index in [1.807, 2.05) is 12.1 Å². The average Bonchev–Trinajstić information content (AvgIpc) is 3.20. The van der Waals surface area contributed by atoms with Gasteiger partial charge in [-0.3, -0.25) is 14.6 Å². The molecular weight excluding hydrogens is 495 g/mol. The number of ether oxygens (including phenoxy) is 2. The molecule has 9 heteroatoms. The first-order valence-electron chi connectivity index (χ1n) is 12.6. The number of morpholine rings is 1. The summed E-state index contributed by atoms with van der Waals surface area (Å²) in [6.45, 7) is 5.07. The number of alkyl halides is 3. The van der Waals surface area contributed by atoms with Crippen LogP contribution >= 0.6 is 0 Å². The van der Waals surface area contributed by atoms with Crippen LogP contribution in [0.1, 0.15) is 24.0 Å². The number of carbonyl (C=O) groups is 1. The number of hydrogen-bond donors (Lipinski definition) is 0. The standard InChI is InChI=1S/C29H28F3N3O3/c30-29(31,32)21-7-5-8-22(19-21)33-27-25-11-1-2-12-26(25)35(28(27)36)23-9-6-10-24(20-23)38-16-4-3-13-34-14-17-37-18-15-34/h1-2,5-12,19-20H,3-4,13-18H2. The Bertz CT molecular complexity index is 1320. The summed E-state index contributed by atoms with van der Waals surface area (Å²) >= 11 is 0. The molecule has 3 aromatic carbocycles. The molecule has 198 valence electrons. The van der Waals surface area contributed by atoms with Crippen molar-refractivity contribution in [3.8, 4) is 5.75 Å². The molecule has 6 nitrogen and oxygen atoms in total. The predicted molar refractivity (Wildman–Crippen MR) is 140 cm³/mol. The van der Waals surface area contributed by atoms with Gasteiger partial charge in [0.1, 0.15) is 11.5 Å². The van der Waals surface area contributed by atoms with Crippen LogP contribution < -0.4 is 9.64 Å². The maximum atomic E-state index is 13.5. The number of para-hydroxylation sites is 1. The molecule has 0 bridgehead atoms. The van der Waals surface area contributed by atoms with E-state index in [4.69, 9.17) is 9.47 Å². The van der Waals surface area contributed by atoms with E-state index in [2.05, 4.69) is 9.89 Å². The molecule has 0 N–H and O–H groups in total. The summed E-state index contributed by atoms with van der Waals surface area (Å²) in [6, 6.07) is 19.0. The van der Waals surface area contributed by atoms with Crippen LogP contribution in [0.2, 0.25) is 0 Å². The molecule has 2 heterocycles. The van der Waals surface area contributed by atoms with E-state index >= 15 is 0 Å². The van der Waals surface area contributed by atoms with Crippen molar-refractivity contribution >= 4 is 28.7 Å². The van der Waals surface area contributed by atoms with Crippen molar-refractivity contribution in [2.75, 3.05) is 44.4 Å². The van der Waals surface area contributed by atoms with Crippen LogP contribution in [0.15, 0.2) is 77.8 Å². The highest BCUT2D eigenvalue weighted by molar-refractivity contribution is 6.56. The zero-order valence-corrected chi connectivity index (χ0v) is 20.8. The SMILES string of the molecule is O=C1C(=Nc2cccc(C(F)(F)F)c2)c2ccccc2N1c1cccc(OCCCCN2CCOCC2)c1. The molecule has 0 saturated carbocycles. The lowest BCUT2D eigenvalue weighted by Gasteiger charge is -2.26. The third-order valence-corrected chi connectivity index (χ3v) is 6.54. The maximum absolute atomic E-state index is 13.5. The quantitative estimate of drug-likeness (QED) is 0.340. The molecule has 0 spiro atoms. The van der Waals surface area contributed by atoms with Gasteiger partial charge in [0.2, 0.25) is 0 Å². The topological polar surface area (TPSA) is 54.4 Å². The van der Waals surface area contributed by atoms with Gasteiger partial charge >= 0.3 is 6.18 Å². The number of aliphatic imine (C=N–C) groups is 1. The molecule has 0 aliphatic carbocycles. The molecule has 1 amide bonds. The van der Waals surface area contributed by atoms with Crippen LogP contribution in [0.5, 0.6) is 5.75 Å². The number of anilines is 2. The van der Waals surface area contributed by atoms with Crippen molar-refractivity contribution in [3.63, 3.8) is 0 Å². The normalized spacial score (nSPS) is 17.2. The number of nitrogens with zero attached hydrogens (tertiary/aromatic N) is 3. The lowest BCUT2D eigenvalue weighted by atomic mass is 10.1. The molecule has 0 atom stereocenters. The zero-order chi connectivity index (χ0) is 26.5. The van der Waals surface area contributed by atoms with E-state index < -0.39 is 17.6 Å². The molecule has 38 heavy (non-hydrogen) atoms. The number of carbonyl (C=O) groups excluding carboxylic acids is 1. The van der Waals surface area contributed by atoms with Gasteiger partial charge in [-0.05, 0) is 55.8 Å². The van der Waals surface area contributed by atoms with Gasteiger partial charge < -0.3 is 9.47 Å². The Balaban J connectivity index is 1.31. The summed E-state index contributed by atoms with van der Waals surface area (Å²) in [7, 11) is 0. The van der Waals surface area contributed by atoms with E-state index in [0.29, 0.717) is 29.3 Å². The average molecular weight is 524 g/mol. The fourth-order valence-electron chi connectivity index (χ4n) is 4.61. The maximum Gasteiger partial charge on any atom is 0.416 e. The van der Waals surface area contributed by atoms with Crippen molar-refractivity contribution in [3.05, 3.63) is 83.9 Å². The summed E-state index contributed by atoms with van der Waals surface area (Å²) in [6.07, 6.45) is -2.57. The number of unbranched alkanes of at least 4 members (excludes halogenated alkanes) is 1. The van der Waals surface area contributed by atoms with Crippen LogP contribution in [0.4, 0.5) is 30.2 Å². The number of rotatable bonds is 8. The first-order chi connectivity index (χ1) is 18.4. The van der Waals surface area contributed by atoms with Crippen molar-refractivity contribution in [2.24, 2.45) is 4.99 Å². The molecule has 0 aromatic heterocycles. The lowest BCUT2D eigenvalue weighted by molar-refractivity contribution is -0.137. The number of hydrogen-bond acceptors (Lipinski definition) is 5. The highest BCUT2D eigenvalue weighted by atomic mass is 19.4. The number of fused-ring (bicyclic) bond motifs is 1. The van der Waals surface area contributed by atoms with Crippen molar-refractivity contribution in [1.82, 2.24) is 4.90 Å². The Morgan fingerprint density at radius 1 is 0.921 bits per heavy atom. The van der Waals surface area contributed by atoms with Crippen molar-refractivity contribution < 1.29 is 27.4 Å². The molecule has 5 rings (SSSR count). The molecule has 1 fully saturated rings. The molecule has 0 radical (unpaired) electrons. The Morgan fingerprint density at radius 2 is 1.71 bits per heavy atom. The fraction of sp³-hybridized carbons (Fsp3) is 0.310. The molecule has 2 aliphatic rings. The summed E-state index contributed by atoms with van der Waals surface area (Å²) in [5.41, 5.74) is 1.12. The third kappa shape index (κ3) is 5.89. The van der Waals surface area contributed by atoms with Crippen LogP contribution in [0, 0.1) is 0 Å². The van der Waals surface area contributed by atoms with Crippen LogP contribution in [-0.2, 0) is 15.7 Å². The van der Waals surface area contributed by atoms with Crippen LogP contribution in [0.3, 0.4) is 0 Å². The van der Waals surface area contributed by atoms with E-state index in [-0.39, 0.29) is 11.4 Å². The van der Waals surface area contributed by atoms with Gasteiger partial charge in [0.05, 0.1) is 42.4 Å². The highest BCUT2D eigenvalue weighted by Crippen LogP contribution is 2.38. The number of halogens is 3. The zero-order valence-electron chi connectivity index (χ0n) is 20.8. The Kier molecular flexibility index (Phi) is 7.76. The summed E-state index contributed by atoms with van der Waals surface area (Å²) in [5.74, 6) is 0.230. The van der Waals surface area contributed by atoms with E-state index in [1.165, 1.54) is 17.0 Å². The highest BCUT2D eigenvalue weighted by Gasteiger charge is 2.35. The van der Waals surface area contributed by atoms with Gasteiger partial charge in [0.25, 0.3) is 5.91 Å². The second-order valence-electron chi connectivity index (χ2n) is 9.17. The van der Waals surface area contributed by atoms with E-state index in [9.17, 15) is 18.0 Å². The Morgan fingerprint density at radius 3 is 2.53 bits per heavy atom. The molecular formula is C29H28F3N3O3. The smallest absolute Gasteiger partial charge is 0.416 e. The van der Waals surface area contributed by atoms with Crippen LogP contribution in [-0.4, -0.2) is 56.0 Å². The Hall–Kier alpha value is -3.69. The fourth-order valence-corrected chi connectivity index (χ4v) is 4.61. The van der Waals surface area contributed by atoms with E-state index in [1.54, 1.807) is 36.4 Å². The van der Waals surface area contributed by atoms with Gasteiger partial charge in [-0.15, -0.1) is 0 Å². The summed E-state index contributed by atoms with van der Waals surface area (Å²) in [5, 5.41) is 0. The van der Waals surface area contributed by atoms with Gasteiger partial charge in [-0.1, -0.05) is 30.3 Å². The minimum absolute atomic E-state index is 0.0639. The second-order valence-corrected chi connectivity index (χ2v) is 9.17. The van der Waals surface area contributed by atoms with Gasteiger partial charge in [0.15, 0.2) is 0 Å². The van der Waals surface area contributed by atoms with Gasteiger partial charge in [-0.2, -0.15) is 13.2 Å². The third-order valence-electron chi connectivity index (χ3n) is 6.54. The minimum atomic E-state index is -4.50. The second kappa shape index (κ2) is 11.4. The first kappa shape index (κ1) is 25.9. The summed E-state index contributed by atoms with van der Waals surface area (Å²) < 4.78 is 50.9. The predicted octanol–water partition coefficient (Wildman–Crippen LogP) is 6.00. The van der Waals surface area contributed by atoms with Crippen LogP contribution in [0.25, 0.3) is 0 Å². The van der Waals surface area contributed by atoms with Crippen molar-refractivity contribution in [2.45, 2.75) is 19.0 Å². The molecule has 0 unspecified atom stereocenters. The molecule has 3 aromatic rings. The molecule has 2 aliphatic heterocycles. The number of benzene rings is 3. The van der Waals surface area contributed by atoms with Crippen molar-refractivity contribution in [1.29, 1.82) is 0 Å².